The van der Waals surface area contributed by atoms with Crippen LogP contribution in [0.3, 0.4) is 0 Å². The lowest BCUT2D eigenvalue weighted by Gasteiger charge is -2.31. The Morgan fingerprint density at radius 1 is 1.16 bits per heavy atom. The number of rotatable bonds is 3. The number of nitrogens with zero attached hydrogens (tertiary/aromatic N) is 2. The minimum atomic E-state index is -3.09. The number of likely N-dealkylation sites (tertiary alicyclic amines) is 1. The van der Waals surface area contributed by atoms with Crippen LogP contribution in [-0.2, 0) is 14.8 Å². The van der Waals surface area contributed by atoms with Crippen LogP contribution in [0.15, 0.2) is 0 Å². The van der Waals surface area contributed by atoms with Gasteiger partial charge in [0.1, 0.15) is 0 Å². The lowest BCUT2D eigenvalue weighted by molar-refractivity contribution is -0.133. The molecule has 1 atom stereocenters. The van der Waals surface area contributed by atoms with E-state index in [0.717, 1.165) is 38.3 Å². The van der Waals surface area contributed by atoms with Crippen LogP contribution in [0.1, 0.15) is 32.6 Å². The Balaban J connectivity index is 1.81. The third-order valence-corrected chi connectivity index (χ3v) is 5.59. The van der Waals surface area contributed by atoms with Gasteiger partial charge < -0.3 is 4.90 Å². The number of hydrogen-bond acceptors (Lipinski definition) is 3. The maximum absolute atomic E-state index is 12.2. The normalized spacial score (nSPS) is 26.8. The SMILES string of the molecule is CC1CCN(C(=O)CC2CCN(S(C)(=O)=O)C2)CC1. The number of carbonyl (C=O) groups is 1. The van der Waals surface area contributed by atoms with Crippen molar-refractivity contribution >= 4 is 15.9 Å². The van der Waals surface area contributed by atoms with Gasteiger partial charge in [-0.15, -0.1) is 0 Å². The van der Waals surface area contributed by atoms with E-state index in [1.165, 1.54) is 10.6 Å². The summed E-state index contributed by atoms with van der Waals surface area (Å²) in [6.07, 6.45) is 4.73. The summed E-state index contributed by atoms with van der Waals surface area (Å²) in [5, 5.41) is 0. The molecule has 6 heteroatoms. The van der Waals surface area contributed by atoms with Crippen LogP contribution in [0.25, 0.3) is 0 Å². The summed E-state index contributed by atoms with van der Waals surface area (Å²) in [5.41, 5.74) is 0. The van der Waals surface area contributed by atoms with Crippen molar-refractivity contribution in [3.8, 4) is 0 Å². The van der Waals surface area contributed by atoms with Crippen molar-refractivity contribution in [3.63, 3.8) is 0 Å². The van der Waals surface area contributed by atoms with E-state index in [0.29, 0.717) is 19.5 Å². The van der Waals surface area contributed by atoms with Crippen LogP contribution >= 0.6 is 0 Å². The van der Waals surface area contributed by atoms with Gasteiger partial charge in [0.05, 0.1) is 6.26 Å². The summed E-state index contributed by atoms with van der Waals surface area (Å²) in [5.74, 6) is 1.12. The first-order chi connectivity index (χ1) is 8.86. The van der Waals surface area contributed by atoms with E-state index < -0.39 is 10.0 Å². The van der Waals surface area contributed by atoms with E-state index in [1.807, 2.05) is 4.90 Å². The highest BCUT2D eigenvalue weighted by Crippen LogP contribution is 2.24. The topological polar surface area (TPSA) is 57.7 Å². The van der Waals surface area contributed by atoms with Crippen LogP contribution in [-0.4, -0.2) is 56.0 Å². The first-order valence-electron chi connectivity index (χ1n) is 7.09. The summed E-state index contributed by atoms with van der Waals surface area (Å²) >= 11 is 0. The molecule has 0 saturated carbocycles. The lowest BCUT2D eigenvalue weighted by atomic mass is 9.97. The van der Waals surface area contributed by atoms with Gasteiger partial charge in [-0.1, -0.05) is 6.92 Å². The van der Waals surface area contributed by atoms with Crippen molar-refractivity contribution in [1.29, 1.82) is 0 Å². The second-order valence-corrected chi connectivity index (χ2v) is 8.03. The Morgan fingerprint density at radius 2 is 1.79 bits per heavy atom. The maximum Gasteiger partial charge on any atom is 0.222 e. The first kappa shape index (κ1) is 14.8. The number of amides is 1. The van der Waals surface area contributed by atoms with Crippen molar-refractivity contribution in [3.05, 3.63) is 0 Å². The molecule has 2 aliphatic rings. The zero-order valence-corrected chi connectivity index (χ0v) is 12.7. The second-order valence-electron chi connectivity index (χ2n) is 6.04. The van der Waals surface area contributed by atoms with Crippen LogP contribution in [0.2, 0.25) is 0 Å². The molecule has 2 rings (SSSR count). The molecule has 110 valence electrons. The average Bonchev–Trinajstić information content (AvgIpc) is 2.78. The lowest BCUT2D eigenvalue weighted by Crippen LogP contribution is -2.39. The van der Waals surface area contributed by atoms with Crippen molar-refractivity contribution in [2.45, 2.75) is 32.6 Å². The Hall–Kier alpha value is -0.620. The third-order valence-electron chi connectivity index (χ3n) is 4.32. The fourth-order valence-corrected chi connectivity index (χ4v) is 3.82. The molecule has 0 N–H and O–H groups in total. The van der Waals surface area contributed by atoms with Crippen molar-refractivity contribution in [2.75, 3.05) is 32.4 Å². The monoisotopic (exact) mass is 288 g/mol. The molecule has 0 radical (unpaired) electrons. The summed E-state index contributed by atoms with van der Waals surface area (Å²) in [4.78, 5) is 14.1. The number of hydrogen-bond donors (Lipinski definition) is 0. The van der Waals surface area contributed by atoms with E-state index in [-0.39, 0.29) is 11.8 Å². The smallest absolute Gasteiger partial charge is 0.222 e. The number of sulfonamides is 1. The van der Waals surface area contributed by atoms with Crippen LogP contribution < -0.4 is 0 Å². The standard InChI is InChI=1S/C13H24N2O3S/c1-11-3-6-14(7-4-11)13(16)9-12-5-8-15(10-12)19(2,17)18/h11-12H,3-10H2,1-2H3. The second kappa shape index (κ2) is 5.79. The Kier molecular flexibility index (Phi) is 4.50. The predicted molar refractivity (Wildman–Crippen MR) is 74.1 cm³/mol. The summed E-state index contributed by atoms with van der Waals surface area (Å²) in [6.45, 7) is 5.02. The van der Waals surface area contributed by atoms with Gasteiger partial charge in [0.2, 0.25) is 15.9 Å². The number of carbonyl (C=O) groups excluding carboxylic acids is 1. The van der Waals surface area contributed by atoms with Crippen molar-refractivity contribution < 1.29 is 13.2 Å². The highest BCUT2D eigenvalue weighted by molar-refractivity contribution is 7.88. The van der Waals surface area contributed by atoms with Gasteiger partial charge >= 0.3 is 0 Å². The van der Waals surface area contributed by atoms with E-state index in [9.17, 15) is 13.2 Å². The zero-order chi connectivity index (χ0) is 14.0. The molecule has 0 aliphatic carbocycles. The Bertz CT molecular complexity index is 427. The molecular formula is C13H24N2O3S. The van der Waals surface area contributed by atoms with E-state index in [2.05, 4.69) is 6.92 Å². The zero-order valence-electron chi connectivity index (χ0n) is 11.8. The van der Waals surface area contributed by atoms with Crippen LogP contribution in [0.4, 0.5) is 0 Å². The summed E-state index contributed by atoms with van der Waals surface area (Å²) in [6, 6.07) is 0. The molecule has 0 spiro atoms. The van der Waals surface area contributed by atoms with Gasteiger partial charge in [0.25, 0.3) is 0 Å². The fourth-order valence-electron chi connectivity index (χ4n) is 2.90. The molecule has 5 nitrogen and oxygen atoms in total. The third kappa shape index (κ3) is 3.92. The van der Waals surface area contributed by atoms with E-state index in [4.69, 9.17) is 0 Å². The van der Waals surface area contributed by atoms with Gasteiger partial charge in [0, 0.05) is 32.6 Å². The molecule has 0 aromatic heterocycles. The molecule has 2 aliphatic heterocycles. The van der Waals surface area contributed by atoms with Crippen molar-refractivity contribution in [2.24, 2.45) is 11.8 Å². The maximum atomic E-state index is 12.2. The summed E-state index contributed by atoms with van der Waals surface area (Å²) in [7, 11) is -3.09. The molecule has 2 heterocycles. The minimum absolute atomic E-state index is 0.196. The molecule has 2 fully saturated rings. The van der Waals surface area contributed by atoms with Gasteiger partial charge in [0.15, 0.2) is 0 Å². The Morgan fingerprint density at radius 3 is 2.32 bits per heavy atom. The van der Waals surface area contributed by atoms with Crippen LogP contribution in [0, 0.1) is 11.8 Å². The fraction of sp³-hybridized carbons (Fsp3) is 0.923. The van der Waals surface area contributed by atoms with Gasteiger partial charge in [-0.25, -0.2) is 12.7 Å². The van der Waals surface area contributed by atoms with Crippen LogP contribution in [0.5, 0.6) is 0 Å². The first-order valence-corrected chi connectivity index (χ1v) is 8.94. The largest absolute Gasteiger partial charge is 0.343 e. The van der Waals surface area contributed by atoms with Gasteiger partial charge in [-0.2, -0.15) is 0 Å². The van der Waals surface area contributed by atoms with Crippen molar-refractivity contribution in [1.82, 2.24) is 9.21 Å². The van der Waals surface area contributed by atoms with Gasteiger partial charge in [-0.3, -0.25) is 4.79 Å². The molecule has 1 unspecified atom stereocenters. The predicted octanol–water partition coefficient (Wildman–Crippen LogP) is 0.917. The highest BCUT2D eigenvalue weighted by atomic mass is 32.2. The molecule has 0 aromatic carbocycles. The quantitative estimate of drug-likeness (QED) is 0.776. The average molecular weight is 288 g/mol. The number of piperidine rings is 1. The molecule has 1 amide bonds. The molecule has 2 saturated heterocycles. The molecule has 0 bridgehead atoms. The molecular weight excluding hydrogens is 264 g/mol. The van der Waals surface area contributed by atoms with Gasteiger partial charge in [-0.05, 0) is 31.1 Å². The Labute approximate surface area is 116 Å². The van der Waals surface area contributed by atoms with E-state index >= 15 is 0 Å². The van der Waals surface area contributed by atoms with E-state index in [1.54, 1.807) is 0 Å². The summed E-state index contributed by atoms with van der Waals surface area (Å²) < 4.78 is 24.4. The highest BCUT2D eigenvalue weighted by Gasteiger charge is 2.31. The molecule has 0 aromatic rings. The minimum Gasteiger partial charge on any atom is -0.343 e. The molecule has 19 heavy (non-hydrogen) atoms.